The van der Waals surface area contributed by atoms with E-state index in [4.69, 9.17) is 9.47 Å². The Morgan fingerprint density at radius 3 is 2.57 bits per heavy atom. The van der Waals surface area contributed by atoms with Crippen LogP contribution in [0.4, 0.5) is 13.2 Å². The van der Waals surface area contributed by atoms with E-state index in [1.54, 1.807) is 6.92 Å². The molecule has 0 unspecified atom stereocenters. The molecule has 0 saturated heterocycles. The quantitative estimate of drug-likeness (QED) is 0.815. The molecule has 0 aliphatic rings. The van der Waals surface area contributed by atoms with Crippen LogP contribution >= 0.6 is 0 Å². The summed E-state index contributed by atoms with van der Waals surface area (Å²) < 4.78 is 48.4. The van der Waals surface area contributed by atoms with E-state index < -0.39 is 17.8 Å². The minimum Gasteiger partial charge on any atom is -0.497 e. The maximum atomic E-state index is 12.9. The number of hydrogen-bond acceptors (Lipinski definition) is 4. The van der Waals surface area contributed by atoms with Crippen molar-refractivity contribution in [1.29, 1.82) is 0 Å². The Morgan fingerprint density at radius 1 is 1.29 bits per heavy atom. The van der Waals surface area contributed by atoms with Crippen molar-refractivity contribution in [2.75, 3.05) is 13.7 Å². The Labute approximate surface area is 118 Å². The summed E-state index contributed by atoms with van der Waals surface area (Å²) in [5, 5.41) is 0.251. The first-order valence-corrected chi connectivity index (χ1v) is 6.10. The molecule has 0 spiro atoms. The third-order valence-electron chi connectivity index (χ3n) is 2.80. The highest BCUT2D eigenvalue weighted by Gasteiger charge is 2.34. The molecule has 0 radical (unpaired) electrons. The number of rotatable bonds is 3. The summed E-state index contributed by atoms with van der Waals surface area (Å²) >= 11 is 0. The molecule has 7 heteroatoms. The monoisotopic (exact) mass is 299 g/mol. The smallest absolute Gasteiger partial charge is 0.433 e. The van der Waals surface area contributed by atoms with Crippen molar-refractivity contribution in [2.24, 2.45) is 0 Å². The van der Waals surface area contributed by atoms with E-state index in [1.807, 2.05) is 0 Å². The highest BCUT2D eigenvalue weighted by Crippen LogP contribution is 2.32. The third kappa shape index (κ3) is 3.07. The fraction of sp³-hybridized carbons (Fsp3) is 0.286. The molecule has 0 fully saturated rings. The maximum Gasteiger partial charge on any atom is 0.433 e. The van der Waals surface area contributed by atoms with E-state index in [0.29, 0.717) is 11.8 Å². The molecule has 21 heavy (non-hydrogen) atoms. The molecule has 1 aromatic carbocycles. The van der Waals surface area contributed by atoms with Gasteiger partial charge in [0.05, 0.1) is 24.8 Å². The average molecular weight is 299 g/mol. The molecule has 0 atom stereocenters. The van der Waals surface area contributed by atoms with Gasteiger partial charge >= 0.3 is 12.1 Å². The van der Waals surface area contributed by atoms with Gasteiger partial charge < -0.3 is 9.47 Å². The first kappa shape index (κ1) is 15.1. The molecule has 0 bridgehead atoms. The predicted octanol–water partition coefficient (Wildman–Crippen LogP) is 3.44. The number of alkyl halides is 3. The van der Waals surface area contributed by atoms with Gasteiger partial charge in [0.2, 0.25) is 0 Å². The molecule has 1 aromatic heterocycles. The third-order valence-corrected chi connectivity index (χ3v) is 2.80. The van der Waals surface area contributed by atoms with Gasteiger partial charge in [-0.1, -0.05) is 0 Å². The second-order valence-electron chi connectivity index (χ2n) is 4.16. The van der Waals surface area contributed by atoms with Crippen molar-refractivity contribution in [3.05, 3.63) is 35.5 Å². The van der Waals surface area contributed by atoms with Gasteiger partial charge in [-0.25, -0.2) is 9.78 Å². The van der Waals surface area contributed by atoms with Crippen molar-refractivity contribution in [3.8, 4) is 5.75 Å². The summed E-state index contributed by atoms with van der Waals surface area (Å²) in [6, 6.07) is 4.99. The van der Waals surface area contributed by atoms with Crippen LogP contribution in [0.15, 0.2) is 24.3 Å². The zero-order chi connectivity index (χ0) is 15.6. The minimum atomic E-state index is -4.64. The number of nitrogens with zero attached hydrogens (tertiary/aromatic N) is 1. The highest BCUT2D eigenvalue weighted by atomic mass is 19.4. The molecule has 112 valence electrons. The molecular weight excluding hydrogens is 287 g/mol. The molecule has 1 heterocycles. The van der Waals surface area contributed by atoms with Crippen LogP contribution in [0.5, 0.6) is 5.75 Å². The van der Waals surface area contributed by atoms with Crippen molar-refractivity contribution < 1.29 is 27.4 Å². The van der Waals surface area contributed by atoms with E-state index in [9.17, 15) is 18.0 Å². The second-order valence-corrected chi connectivity index (χ2v) is 4.16. The first-order valence-electron chi connectivity index (χ1n) is 6.10. The number of carbonyl (C=O) groups excluding carboxylic acids is 1. The summed E-state index contributed by atoms with van der Waals surface area (Å²) in [4.78, 5) is 15.4. The van der Waals surface area contributed by atoms with Gasteiger partial charge in [0, 0.05) is 5.39 Å². The molecule has 0 aliphatic heterocycles. The number of methoxy groups -OCH3 is 1. The van der Waals surface area contributed by atoms with E-state index in [1.165, 1.54) is 25.3 Å². The second kappa shape index (κ2) is 5.59. The van der Waals surface area contributed by atoms with E-state index in [-0.39, 0.29) is 23.1 Å². The number of esters is 1. The molecule has 0 N–H and O–H groups in total. The summed E-state index contributed by atoms with van der Waals surface area (Å²) in [6.07, 6.45) is -4.64. The van der Waals surface area contributed by atoms with Crippen molar-refractivity contribution >= 4 is 16.9 Å². The minimum absolute atomic E-state index is 0.0497. The van der Waals surface area contributed by atoms with Crippen molar-refractivity contribution in [1.82, 2.24) is 4.98 Å². The van der Waals surface area contributed by atoms with Gasteiger partial charge in [-0.15, -0.1) is 0 Å². The molecule has 2 rings (SSSR count). The molecule has 0 aliphatic carbocycles. The lowest BCUT2D eigenvalue weighted by Gasteiger charge is -2.12. The summed E-state index contributed by atoms with van der Waals surface area (Å²) in [5.41, 5.74) is -1.27. The number of ether oxygens (including phenoxy) is 2. The Morgan fingerprint density at radius 2 is 2.00 bits per heavy atom. The van der Waals surface area contributed by atoms with Gasteiger partial charge in [-0.05, 0) is 31.2 Å². The molecular formula is C14H12F3NO3. The number of carbonyl (C=O) groups is 1. The number of benzene rings is 1. The first-order chi connectivity index (χ1) is 9.86. The lowest BCUT2D eigenvalue weighted by molar-refractivity contribution is -0.141. The van der Waals surface area contributed by atoms with E-state index in [0.717, 1.165) is 0 Å². The summed E-state index contributed by atoms with van der Waals surface area (Å²) in [6.45, 7) is 1.64. The normalized spacial score (nSPS) is 11.5. The Kier molecular flexibility index (Phi) is 4.02. The number of fused-ring (bicyclic) bond motifs is 1. The molecule has 0 amide bonds. The zero-order valence-corrected chi connectivity index (χ0v) is 11.3. The molecule has 0 saturated carbocycles. The van der Waals surface area contributed by atoms with Gasteiger partial charge in [0.1, 0.15) is 11.4 Å². The Balaban J connectivity index is 2.72. The zero-order valence-electron chi connectivity index (χ0n) is 11.3. The lowest BCUT2D eigenvalue weighted by Crippen LogP contribution is -2.12. The molecule has 4 nitrogen and oxygen atoms in total. The predicted molar refractivity (Wildman–Crippen MR) is 69.3 cm³/mol. The summed E-state index contributed by atoms with van der Waals surface area (Å²) in [5.74, 6) is -0.418. The van der Waals surface area contributed by atoms with Crippen LogP contribution in [0, 0.1) is 0 Å². The van der Waals surface area contributed by atoms with Gasteiger partial charge in [-0.3, -0.25) is 0 Å². The fourth-order valence-electron chi connectivity index (χ4n) is 1.85. The Bertz CT molecular complexity index is 683. The molecule has 2 aromatic rings. The fourth-order valence-corrected chi connectivity index (χ4v) is 1.85. The summed E-state index contributed by atoms with van der Waals surface area (Å²) in [7, 11) is 1.42. The number of aromatic nitrogens is 1. The topological polar surface area (TPSA) is 48.4 Å². The van der Waals surface area contributed by atoms with Crippen LogP contribution < -0.4 is 4.74 Å². The number of hydrogen-bond donors (Lipinski definition) is 0. The largest absolute Gasteiger partial charge is 0.497 e. The van der Waals surface area contributed by atoms with Crippen LogP contribution in [0.2, 0.25) is 0 Å². The lowest BCUT2D eigenvalue weighted by atomic mass is 10.1. The highest BCUT2D eigenvalue weighted by molar-refractivity contribution is 6.04. The van der Waals surface area contributed by atoms with E-state index in [2.05, 4.69) is 4.98 Å². The SMILES string of the molecule is CCOC(=O)c1cc(C(F)(F)F)nc2ccc(OC)cc12. The van der Waals surface area contributed by atoms with Gasteiger partial charge in [0.25, 0.3) is 0 Å². The van der Waals surface area contributed by atoms with Crippen LogP contribution in [0.1, 0.15) is 23.0 Å². The Hall–Kier alpha value is -2.31. The van der Waals surface area contributed by atoms with Crippen molar-refractivity contribution in [3.63, 3.8) is 0 Å². The van der Waals surface area contributed by atoms with Crippen LogP contribution in [-0.4, -0.2) is 24.7 Å². The van der Waals surface area contributed by atoms with Crippen molar-refractivity contribution in [2.45, 2.75) is 13.1 Å². The van der Waals surface area contributed by atoms with E-state index >= 15 is 0 Å². The van der Waals surface area contributed by atoms with Gasteiger partial charge in [0.15, 0.2) is 0 Å². The number of halogens is 3. The van der Waals surface area contributed by atoms with Crippen LogP contribution in [0.3, 0.4) is 0 Å². The van der Waals surface area contributed by atoms with Crippen LogP contribution in [-0.2, 0) is 10.9 Å². The van der Waals surface area contributed by atoms with Crippen LogP contribution in [0.25, 0.3) is 10.9 Å². The van der Waals surface area contributed by atoms with Gasteiger partial charge in [-0.2, -0.15) is 13.2 Å². The maximum absolute atomic E-state index is 12.9. The standard InChI is InChI=1S/C14H12F3NO3/c1-3-21-13(19)10-7-12(14(15,16)17)18-11-5-4-8(20-2)6-9(10)11/h4-7H,3H2,1-2H3. The average Bonchev–Trinajstić information content (AvgIpc) is 2.44. The number of pyridine rings is 1.